The van der Waals surface area contributed by atoms with Crippen molar-refractivity contribution in [2.45, 2.75) is 12.8 Å². The minimum atomic E-state index is -0.516. The molecule has 1 amide bonds. The predicted octanol–water partition coefficient (Wildman–Crippen LogP) is 3.22. The molecule has 2 aromatic rings. The van der Waals surface area contributed by atoms with Gasteiger partial charge < -0.3 is 9.64 Å². The van der Waals surface area contributed by atoms with Crippen molar-refractivity contribution in [2.75, 3.05) is 18.1 Å². The maximum atomic E-state index is 12.4. The summed E-state index contributed by atoms with van der Waals surface area (Å²) in [4.78, 5) is 25.8. The first-order valence-corrected chi connectivity index (χ1v) is 8.02. The number of aryl methyl sites for hydroxylation is 1. The Morgan fingerprint density at radius 3 is 2.62 bits per heavy atom. The van der Waals surface area contributed by atoms with E-state index in [2.05, 4.69) is 0 Å². The summed E-state index contributed by atoms with van der Waals surface area (Å²) in [6.07, 6.45) is 4.90. The zero-order valence-electron chi connectivity index (χ0n) is 13.4. The first kappa shape index (κ1) is 16.0. The second-order valence-corrected chi connectivity index (χ2v) is 5.63. The maximum absolute atomic E-state index is 12.4. The van der Waals surface area contributed by atoms with Gasteiger partial charge in [-0.1, -0.05) is 48.5 Å². The number of hydrogen-bond donors (Lipinski definition) is 0. The van der Waals surface area contributed by atoms with E-state index in [1.54, 1.807) is 11.0 Å². The molecule has 1 aliphatic heterocycles. The van der Waals surface area contributed by atoms with E-state index in [1.165, 1.54) is 6.08 Å². The summed E-state index contributed by atoms with van der Waals surface area (Å²) >= 11 is 0. The van der Waals surface area contributed by atoms with Crippen molar-refractivity contribution in [2.24, 2.45) is 0 Å². The fraction of sp³-hybridized carbons (Fsp3) is 0.200. The van der Waals surface area contributed by atoms with E-state index >= 15 is 0 Å². The number of para-hydroxylation sites is 1. The smallest absolute Gasteiger partial charge is 0.331 e. The number of carbonyl (C=O) groups is 2. The Labute approximate surface area is 141 Å². The van der Waals surface area contributed by atoms with E-state index in [0.29, 0.717) is 6.54 Å². The van der Waals surface area contributed by atoms with Gasteiger partial charge in [0.25, 0.3) is 5.91 Å². The molecule has 24 heavy (non-hydrogen) atoms. The molecule has 1 heterocycles. The van der Waals surface area contributed by atoms with Crippen LogP contribution in [0.4, 0.5) is 5.69 Å². The van der Waals surface area contributed by atoms with Crippen LogP contribution >= 0.6 is 0 Å². The van der Waals surface area contributed by atoms with Crippen molar-refractivity contribution in [3.05, 3.63) is 71.8 Å². The maximum Gasteiger partial charge on any atom is 0.331 e. The highest BCUT2D eigenvalue weighted by Gasteiger charge is 2.22. The van der Waals surface area contributed by atoms with E-state index in [-0.39, 0.29) is 12.5 Å². The molecule has 0 fully saturated rings. The Bertz CT molecular complexity index is 752. The number of nitrogens with zero attached hydrogens (tertiary/aromatic N) is 1. The Morgan fingerprint density at radius 2 is 1.79 bits per heavy atom. The van der Waals surface area contributed by atoms with Crippen molar-refractivity contribution in [1.29, 1.82) is 0 Å². The third-order valence-electron chi connectivity index (χ3n) is 3.96. The van der Waals surface area contributed by atoms with Crippen LogP contribution in [0.15, 0.2) is 60.7 Å². The Kier molecular flexibility index (Phi) is 5.06. The first-order chi connectivity index (χ1) is 11.7. The molecule has 2 aromatic carbocycles. The zero-order valence-corrected chi connectivity index (χ0v) is 13.4. The van der Waals surface area contributed by atoms with E-state index < -0.39 is 5.97 Å². The molecule has 0 atom stereocenters. The number of benzene rings is 2. The summed E-state index contributed by atoms with van der Waals surface area (Å²) in [5.41, 5.74) is 2.99. The molecule has 4 heteroatoms. The van der Waals surface area contributed by atoms with Crippen LogP contribution < -0.4 is 4.90 Å². The van der Waals surface area contributed by atoms with Crippen LogP contribution in [0.5, 0.6) is 0 Å². The molecule has 0 aliphatic carbocycles. The van der Waals surface area contributed by atoms with Gasteiger partial charge >= 0.3 is 5.97 Å². The number of carbonyl (C=O) groups excluding carboxylic acids is 2. The quantitative estimate of drug-likeness (QED) is 0.641. The molecular weight excluding hydrogens is 302 g/mol. The fourth-order valence-electron chi connectivity index (χ4n) is 2.78. The minimum Gasteiger partial charge on any atom is -0.452 e. The molecule has 3 rings (SSSR count). The number of anilines is 1. The third-order valence-corrected chi connectivity index (χ3v) is 3.96. The van der Waals surface area contributed by atoms with Crippen molar-refractivity contribution in [3.63, 3.8) is 0 Å². The number of rotatable bonds is 4. The second kappa shape index (κ2) is 7.59. The summed E-state index contributed by atoms with van der Waals surface area (Å²) in [6, 6.07) is 17.3. The highest BCUT2D eigenvalue weighted by molar-refractivity contribution is 5.97. The summed E-state index contributed by atoms with van der Waals surface area (Å²) < 4.78 is 5.08. The Balaban J connectivity index is 1.56. The highest BCUT2D eigenvalue weighted by atomic mass is 16.5. The second-order valence-electron chi connectivity index (χ2n) is 5.63. The standard InChI is InChI=1S/C20H19NO3/c22-19(21-14-6-10-17-9-4-5-11-18(17)21)15-24-20(23)13-12-16-7-2-1-3-8-16/h1-5,7-9,11-13H,6,10,14-15H2. The van der Waals surface area contributed by atoms with Crippen LogP contribution in [-0.4, -0.2) is 25.0 Å². The van der Waals surface area contributed by atoms with Gasteiger partial charge in [-0.2, -0.15) is 0 Å². The van der Waals surface area contributed by atoms with Crippen LogP contribution in [0.1, 0.15) is 17.5 Å². The highest BCUT2D eigenvalue weighted by Crippen LogP contribution is 2.26. The molecule has 1 aliphatic rings. The number of ether oxygens (including phenoxy) is 1. The number of fused-ring (bicyclic) bond motifs is 1. The van der Waals surface area contributed by atoms with Crippen molar-refractivity contribution in [3.8, 4) is 0 Å². The summed E-state index contributed by atoms with van der Waals surface area (Å²) in [7, 11) is 0. The Hall–Kier alpha value is -2.88. The molecule has 0 unspecified atom stereocenters. The average molecular weight is 321 g/mol. The zero-order chi connectivity index (χ0) is 16.8. The minimum absolute atomic E-state index is 0.191. The van der Waals surface area contributed by atoms with Gasteiger partial charge in [-0.25, -0.2) is 4.79 Å². The Morgan fingerprint density at radius 1 is 1.04 bits per heavy atom. The van der Waals surface area contributed by atoms with E-state index in [9.17, 15) is 9.59 Å². The number of esters is 1. The first-order valence-electron chi connectivity index (χ1n) is 8.02. The average Bonchev–Trinajstić information content (AvgIpc) is 2.64. The molecule has 122 valence electrons. The van der Waals surface area contributed by atoms with Gasteiger partial charge in [0.2, 0.25) is 0 Å². The van der Waals surface area contributed by atoms with Crippen LogP contribution in [0.2, 0.25) is 0 Å². The lowest BCUT2D eigenvalue weighted by molar-refractivity contribution is -0.142. The molecule has 0 spiro atoms. The molecule has 0 aromatic heterocycles. The van der Waals surface area contributed by atoms with Gasteiger partial charge in [-0.3, -0.25) is 4.79 Å². The monoisotopic (exact) mass is 321 g/mol. The van der Waals surface area contributed by atoms with Crippen molar-refractivity contribution < 1.29 is 14.3 Å². The largest absolute Gasteiger partial charge is 0.452 e. The van der Waals surface area contributed by atoms with Gasteiger partial charge in [0.15, 0.2) is 6.61 Å². The van der Waals surface area contributed by atoms with Crippen molar-refractivity contribution in [1.82, 2.24) is 0 Å². The van der Waals surface area contributed by atoms with Gasteiger partial charge in [-0.15, -0.1) is 0 Å². The van der Waals surface area contributed by atoms with Gasteiger partial charge in [0.05, 0.1) is 0 Å². The van der Waals surface area contributed by atoms with E-state index in [1.807, 2.05) is 54.6 Å². The predicted molar refractivity (Wildman–Crippen MR) is 93.6 cm³/mol. The summed E-state index contributed by atoms with van der Waals surface area (Å²) in [5.74, 6) is -0.707. The third kappa shape index (κ3) is 3.90. The molecule has 0 bridgehead atoms. The van der Waals surface area contributed by atoms with Crippen LogP contribution in [-0.2, 0) is 20.7 Å². The topological polar surface area (TPSA) is 46.6 Å². The van der Waals surface area contributed by atoms with Crippen LogP contribution in [0.25, 0.3) is 6.08 Å². The van der Waals surface area contributed by atoms with Gasteiger partial charge in [0.1, 0.15) is 0 Å². The number of hydrogen-bond acceptors (Lipinski definition) is 3. The lowest BCUT2D eigenvalue weighted by Gasteiger charge is -2.29. The van der Waals surface area contributed by atoms with Gasteiger partial charge in [0, 0.05) is 18.3 Å². The molecule has 0 radical (unpaired) electrons. The van der Waals surface area contributed by atoms with Crippen molar-refractivity contribution >= 4 is 23.6 Å². The van der Waals surface area contributed by atoms with Gasteiger partial charge in [-0.05, 0) is 36.1 Å². The van der Waals surface area contributed by atoms with Crippen LogP contribution in [0.3, 0.4) is 0 Å². The normalized spacial score (nSPS) is 13.6. The van der Waals surface area contributed by atoms with E-state index in [4.69, 9.17) is 4.74 Å². The summed E-state index contributed by atoms with van der Waals surface area (Å²) in [5, 5.41) is 0. The lowest BCUT2D eigenvalue weighted by Crippen LogP contribution is -2.38. The number of amides is 1. The molecule has 0 N–H and O–H groups in total. The lowest BCUT2D eigenvalue weighted by atomic mass is 10.0. The SMILES string of the molecule is O=C(C=Cc1ccccc1)OCC(=O)N1CCCc2ccccc21. The van der Waals surface area contributed by atoms with Crippen LogP contribution in [0, 0.1) is 0 Å². The van der Waals surface area contributed by atoms with E-state index in [0.717, 1.165) is 29.7 Å². The molecular formula is C20H19NO3. The fourth-order valence-corrected chi connectivity index (χ4v) is 2.78. The summed E-state index contributed by atoms with van der Waals surface area (Å²) in [6.45, 7) is 0.416. The molecule has 0 saturated heterocycles. The molecule has 0 saturated carbocycles. The molecule has 4 nitrogen and oxygen atoms in total.